The Kier molecular flexibility index (Phi) is 5.69. The van der Waals surface area contributed by atoms with E-state index >= 15 is 0 Å². The molecule has 3 heteroatoms. The van der Waals surface area contributed by atoms with Crippen LogP contribution in [-0.2, 0) is 0 Å². The first-order valence-corrected chi connectivity index (χ1v) is 4.34. The van der Waals surface area contributed by atoms with Crippen LogP contribution in [0.1, 0.15) is 13.8 Å². The maximum Gasteiger partial charge on any atom is 0.0666 e. The van der Waals surface area contributed by atoms with Crippen molar-refractivity contribution < 1.29 is 0 Å². The van der Waals surface area contributed by atoms with Crippen LogP contribution >= 0.6 is 0 Å². The number of nitriles is 1. The molecule has 0 aliphatic carbocycles. The third kappa shape index (κ3) is 5.11. The molecule has 70 valence electrons. The van der Waals surface area contributed by atoms with Gasteiger partial charge >= 0.3 is 0 Å². The molecule has 2 unspecified atom stereocenters. The molecule has 0 saturated carbocycles. The summed E-state index contributed by atoms with van der Waals surface area (Å²) >= 11 is 0. The number of likely N-dealkylation sites (N-methyl/N-ethyl adjacent to an activating group) is 1. The van der Waals surface area contributed by atoms with Gasteiger partial charge in [-0.3, -0.25) is 0 Å². The van der Waals surface area contributed by atoms with Gasteiger partial charge in [0.25, 0.3) is 0 Å². The number of hydrogen-bond donors (Lipinski definition) is 1. The van der Waals surface area contributed by atoms with Crippen molar-refractivity contribution in [2.24, 2.45) is 5.92 Å². The van der Waals surface area contributed by atoms with E-state index in [2.05, 4.69) is 37.3 Å². The van der Waals surface area contributed by atoms with Crippen LogP contribution in [0.2, 0.25) is 0 Å². The highest BCUT2D eigenvalue weighted by Gasteiger charge is 2.04. The van der Waals surface area contributed by atoms with Crippen LogP contribution in [0, 0.1) is 17.2 Å². The molecule has 1 N–H and O–H groups in total. The van der Waals surface area contributed by atoms with Crippen molar-refractivity contribution in [2.45, 2.75) is 19.9 Å². The zero-order chi connectivity index (χ0) is 9.56. The SMILES string of the molecule is CC(C#N)CNCC(C)N(C)C. The number of rotatable bonds is 5. The molecular weight excluding hydrogens is 150 g/mol. The lowest BCUT2D eigenvalue weighted by molar-refractivity contribution is 0.301. The monoisotopic (exact) mass is 169 g/mol. The predicted octanol–water partition coefficient (Wildman–Crippen LogP) is 0.686. The molecule has 0 rings (SSSR count). The molecule has 0 bridgehead atoms. The first-order chi connectivity index (χ1) is 5.57. The Morgan fingerprint density at radius 3 is 2.33 bits per heavy atom. The average Bonchev–Trinajstić information content (AvgIpc) is 2.03. The lowest BCUT2D eigenvalue weighted by atomic mass is 10.2. The summed E-state index contributed by atoms with van der Waals surface area (Å²) in [5.74, 6) is 0.111. The van der Waals surface area contributed by atoms with Crippen LogP contribution in [0.5, 0.6) is 0 Å². The van der Waals surface area contributed by atoms with Gasteiger partial charge in [-0.1, -0.05) is 0 Å². The molecule has 3 nitrogen and oxygen atoms in total. The van der Waals surface area contributed by atoms with Crippen molar-refractivity contribution >= 4 is 0 Å². The maximum absolute atomic E-state index is 8.51. The highest BCUT2D eigenvalue weighted by atomic mass is 15.1. The highest BCUT2D eigenvalue weighted by molar-refractivity contribution is 4.80. The van der Waals surface area contributed by atoms with E-state index in [1.807, 2.05) is 6.92 Å². The third-order valence-electron chi connectivity index (χ3n) is 1.99. The summed E-state index contributed by atoms with van der Waals surface area (Å²) < 4.78 is 0. The van der Waals surface area contributed by atoms with E-state index in [0.717, 1.165) is 13.1 Å². The Morgan fingerprint density at radius 1 is 1.33 bits per heavy atom. The van der Waals surface area contributed by atoms with Crippen LogP contribution in [0.4, 0.5) is 0 Å². The van der Waals surface area contributed by atoms with E-state index in [-0.39, 0.29) is 5.92 Å². The minimum Gasteiger partial charge on any atom is -0.314 e. The van der Waals surface area contributed by atoms with Gasteiger partial charge in [0.15, 0.2) is 0 Å². The standard InChI is InChI=1S/C9H19N3/c1-8(5-10)6-11-7-9(2)12(3)4/h8-9,11H,6-7H2,1-4H3. The summed E-state index contributed by atoms with van der Waals surface area (Å²) in [7, 11) is 4.11. The van der Waals surface area contributed by atoms with Crippen molar-refractivity contribution in [1.29, 1.82) is 5.26 Å². The smallest absolute Gasteiger partial charge is 0.0666 e. The lowest BCUT2D eigenvalue weighted by Gasteiger charge is -2.20. The van der Waals surface area contributed by atoms with Crippen molar-refractivity contribution in [3.05, 3.63) is 0 Å². The Labute approximate surface area is 75.4 Å². The van der Waals surface area contributed by atoms with Gasteiger partial charge < -0.3 is 10.2 Å². The molecule has 0 saturated heterocycles. The second-order valence-corrected chi connectivity index (χ2v) is 3.50. The van der Waals surface area contributed by atoms with Crippen LogP contribution < -0.4 is 5.32 Å². The van der Waals surface area contributed by atoms with E-state index in [4.69, 9.17) is 5.26 Å². The number of hydrogen-bond acceptors (Lipinski definition) is 3. The van der Waals surface area contributed by atoms with E-state index in [1.54, 1.807) is 0 Å². The van der Waals surface area contributed by atoms with Crippen LogP contribution in [0.15, 0.2) is 0 Å². The fourth-order valence-electron chi connectivity index (χ4n) is 0.737. The average molecular weight is 169 g/mol. The van der Waals surface area contributed by atoms with Gasteiger partial charge in [-0.15, -0.1) is 0 Å². The summed E-state index contributed by atoms with van der Waals surface area (Å²) in [5, 5.41) is 11.8. The molecule has 0 aliphatic rings. The van der Waals surface area contributed by atoms with Gasteiger partial charge in [-0.05, 0) is 27.9 Å². The van der Waals surface area contributed by atoms with E-state index < -0.39 is 0 Å². The zero-order valence-corrected chi connectivity index (χ0v) is 8.46. The fraction of sp³-hybridized carbons (Fsp3) is 0.889. The second-order valence-electron chi connectivity index (χ2n) is 3.50. The van der Waals surface area contributed by atoms with E-state index in [9.17, 15) is 0 Å². The molecular formula is C9H19N3. The van der Waals surface area contributed by atoms with Gasteiger partial charge in [-0.2, -0.15) is 5.26 Å². The summed E-state index contributed by atoms with van der Waals surface area (Å²) in [6.45, 7) is 5.81. The number of nitrogens with zero attached hydrogens (tertiary/aromatic N) is 2. The summed E-state index contributed by atoms with van der Waals surface area (Å²) in [4.78, 5) is 2.16. The Balaban J connectivity index is 3.38. The lowest BCUT2D eigenvalue weighted by Crippen LogP contribution is -2.36. The first-order valence-electron chi connectivity index (χ1n) is 4.34. The van der Waals surface area contributed by atoms with Crippen molar-refractivity contribution in [2.75, 3.05) is 27.2 Å². The minimum absolute atomic E-state index is 0.111. The summed E-state index contributed by atoms with van der Waals surface area (Å²) in [5.41, 5.74) is 0. The van der Waals surface area contributed by atoms with Gasteiger partial charge in [-0.25, -0.2) is 0 Å². The van der Waals surface area contributed by atoms with Crippen LogP contribution in [0.25, 0.3) is 0 Å². The third-order valence-corrected chi connectivity index (χ3v) is 1.99. The Bertz CT molecular complexity index is 148. The molecule has 12 heavy (non-hydrogen) atoms. The maximum atomic E-state index is 8.51. The Hall–Kier alpha value is -0.590. The molecule has 0 fully saturated rings. The van der Waals surface area contributed by atoms with E-state index in [0.29, 0.717) is 6.04 Å². The largest absolute Gasteiger partial charge is 0.314 e. The quantitative estimate of drug-likeness (QED) is 0.658. The van der Waals surface area contributed by atoms with Crippen molar-refractivity contribution in [3.63, 3.8) is 0 Å². The fourth-order valence-corrected chi connectivity index (χ4v) is 0.737. The van der Waals surface area contributed by atoms with Crippen molar-refractivity contribution in [3.8, 4) is 6.07 Å². The molecule has 0 aliphatic heterocycles. The summed E-state index contributed by atoms with van der Waals surface area (Å²) in [6, 6.07) is 2.72. The zero-order valence-electron chi connectivity index (χ0n) is 8.46. The van der Waals surface area contributed by atoms with E-state index in [1.165, 1.54) is 0 Å². The molecule has 0 spiro atoms. The van der Waals surface area contributed by atoms with Gasteiger partial charge in [0.05, 0.1) is 12.0 Å². The van der Waals surface area contributed by atoms with Crippen LogP contribution in [0.3, 0.4) is 0 Å². The normalized spacial score (nSPS) is 15.7. The predicted molar refractivity (Wildman–Crippen MR) is 50.8 cm³/mol. The molecule has 0 heterocycles. The second kappa shape index (κ2) is 5.99. The molecule has 0 radical (unpaired) electrons. The van der Waals surface area contributed by atoms with Crippen molar-refractivity contribution in [1.82, 2.24) is 10.2 Å². The number of nitrogens with one attached hydrogen (secondary N) is 1. The highest BCUT2D eigenvalue weighted by Crippen LogP contribution is 1.91. The molecule has 0 aromatic rings. The minimum atomic E-state index is 0.111. The van der Waals surface area contributed by atoms with Crippen LogP contribution in [-0.4, -0.2) is 38.1 Å². The Morgan fingerprint density at radius 2 is 1.92 bits per heavy atom. The molecule has 0 aromatic carbocycles. The summed E-state index contributed by atoms with van der Waals surface area (Å²) in [6.07, 6.45) is 0. The molecule has 0 amide bonds. The molecule has 2 atom stereocenters. The topological polar surface area (TPSA) is 39.1 Å². The first kappa shape index (κ1) is 11.4. The van der Waals surface area contributed by atoms with Gasteiger partial charge in [0.2, 0.25) is 0 Å². The van der Waals surface area contributed by atoms with Gasteiger partial charge in [0.1, 0.15) is 0 Å². The molecule has 0 aromatic heterocycles. The van der Waals surface area contributed by atoms with Gasteiger partial charge in [0, 0.05) is 19.1 Å².